The molecule has 1 unspecified atom stereocenters. The monoisotopic (exact) mass is 316 g/mol. The van der Waals surface area contributed by atoms with Crippen LogP contribution in [0, 0.1) is 5.82 Å². The fourth-order valence-corrected chi connectivity index (χ4v) is 1.76. The van der Waals surface area contributed by atoms with Gasteiger partial charge in [0.2, 0.25) is 0 Å². The van der Waals surface area contributed by atoms with Crippen LogP contribution in [0.5, 0.6) is 5.75 Å². The minimum atomic E-state index is -0.297. The van der Waals surface area contributed by atoms with Crippen molar-refractivity contribution in [2.75, 3.05) is 40.3 Å². The Morgan fingerprint density at radius 3 is 2.59 bits per heavy atom. The highest BCUT2D eigenvalue weighted by Gasteiger charge is 2.10. The largest absolute Gasteiger partial charge is 0.491 e. The lowest BCUT2D eigenvalue weighted by Gasteiger charge is -2.18. The molecule has 0 heterocycles. The van der Waals surface area contributed by atoms with Crippen LogP contribution >= 0.6 is 0 Å². The van der Waals surface area contributed by atoms with Crippen molar-refractivity contribution in [3.8, 4) is 5.75 Å². The summed E-state index contributed by atoms with van der Waals surface area (Å²) in [6.45, 7) is 1.67. The molecule has 0 saturated carbocycles. The minimum Gasteiger partial charge on any atom is -0.491 e. The maximum atomic E-state index is 12.8. The molecule has 1 atom stereocenters. The van der Waals surface area contributed by atoms with Gasteiger partial charge in [-0.05, 0) is 43.5 Å². The number of methoxy groups -OCH3 is 1. The van der Waals surface area contributed by atoms with Crippen LogP contribution in [0.25, 0.3) is 0 Å². The maximum Gasteiger partial charge on any atom is 0.147 e. The zero-order valence-corrected chi connectivity index (χ0v) is 13.0. The number of aliphatic hydroxyl groups is 1. The van der Waals surface area contributed by atoms with Crippen LogP contribution in [0.2, 0.25) is 0 Å². The number of ether oxygens (including phenoxy) is 4. The molecule has 0 radical (unpaired) electrons. The van der Waals surface area contributed by atoms with E-state index in [1.165, 1.54) is 12.1 Å². The average Bonchev–Trinajstić information content (AvgIpc) is 2.53. The van der Waals surface area contributed by atoms with E-state index in [1.54, 1.807) is 19.2 Å². The van der Waals surface area contributed by atoms with E-state index in [0.29, 0.717) is 25.6 Å². The first kappa shape index (κ1) is 18.8. The Balaban J connectivity index is 2.31. The van der Waals surface area contributed by atoms with Crippen molar-refractivity contribution in [2.24, 2.45) is 0 Å². The Labute approximate surface area is 130 Å². The van der Waals surface area contributed by atoms with Gasteiger partial charge in [-0.2, -0.15) is 0 Å². The summed E-state index contributed by atoms with van der Waals surface area (Å²) < 4.78 is 34.2. The van der Waals surface area contributed by atoms with Gasteiger partial charge >= 0.3 is 0 Å². The van der Waals surface area contributed by atoms with E-state index in [0.717, 1.165) is 19.3 Å². The molecule has 0 aromatic heterocycles. The summed E-state index contributed by atoms with van der Waals surface area (Å²) in [5.41, 5.74) is 0. The van der Waals surface area contributed by atoms with Crippen molar-refractivity contribution in [1.82, 2.24) is 0 Å². The minimum absolute atomic E-state index is 0.140. The predicted octanol–water partition coefficient (Wildman–Crippen LogP) is 2.37. The molecule has 6 heteroatoms. The summed E-state index contributed by atoms with van der Waals surface area (Å²) in [5, 5.41) is 8.84. The van der Waals surface area contributed by atoms with E-state index in [1.807, 2.05) is 0 Å². The molecule has 5 nitrogen and oxygen atoms in total. The molecule has 0 amide bonds. The van der Waals surface area contributed by atoms with E-state index in [4.69, 9.17) is 24.1 Å². The van der Waals surface area contributed by atoms with Gasteiger partial charge in [-0.15, -0.1) is 0 Å². The smallest absolute Gasteiger partial charge is 0.147 e. The SMILES string of the molecule is COCCOCOC(CCCCO)COc1ccc(F)cc1. The molecule has 1 rings (SSSR count). The van der Waals surface area contributed by atoms with Crippen molar-refractivity contribution < 1.29 is 28.4 Å². The van der Waals surface area contributed by atoms with Crippen LogP contribution in [0.4, 0.5) is 4.39 Å². The summed E-state index contributed by atoms with van der Waals surface area (Å²) in [6.07, 6.45) is 2.18. The molecule has 1 N–H and O–H groups in total. The zero-order chi connectivity index (χ0) is 16.0. The molecular weight excluding hydrogens is 291 g/mol. The van der Waals surface area contributed by atoms with Gasteiger partial charge in [-0.1, -0.05) is 0 Å². The van der Waals surface area contributed by atoms with Crippen LogP contribution in [0.3, 0.4) is 0 Å². The fourth-order valence-electron chi connectivity index (χ4n) is 1.76. The molecule has 0 aliphatic heterocycles. The Kier molecular flexibility index (Phi) is 10.6. The van der Waals surface area contributed by atoms with E-state index >= 15 is 0 Å². The highest BCUT2D eigenvalue weighted by atomic mass is 19.1. The number of aliphatic hydroxyl groups excluding tert-OH is 1. The molecule has 126 valence electrons. The van der Waals surface area contributed by atoms with Gasteiger partial charge in [0.15, 0.2) is 0 Å². The molecule has 1 aromatic carbocycles. The predicted molar refractivity (Wildman–Crippen MR) is 80.4 cm³/mol. The van der Waals surface area contributed by atoms with Crippen molar-refractivity contribution in [1.29, 1.82) is 0 Å². The summed E-state index contributed by atoms with van der Waals surface area (Å²) >= 11 is 0. The quantitative estimate of drug-likeness (QED) is 0.447. The Hall–Kier alpha value is -1.21. The first-order valence-corrected chi connectivity index (χ1v) is 7.43. The number of rotatable bonds is 13. The summed E-state index contributed by atoms with van der Waals surface area (Å²) in [4.78, 5) is 0. The second kappa shape index (κ2) is 12.3. The van der Waals surface area contributed by atoms with Gasteiger partial charge < -0.3 is 24.1 Å². The number of halogens is 1. The number of unbranched alkanes of at least 4 members (excludes halogenated alkanes) is 1. The van der Waals surface area contributed by atoms with Crippen molar-refractivity contribution in [2.45, 2.75) is 25.4 Å². The molecule has 0 bridgehead atoms. The third kappa shape index (κ3) is 8.94. The van der Waals surface area contributed by atoms with Gasteiger partial charge in [0.1, 0.15) is 25.0 Å². The normalized spacial score (nSPS) is 12.3. The lowest BCUT2D eigenvalue weighted by atomic mass is 10.1. The van der Waals surface area contributed by atoms with Crippen LogP contribution in [0.1, 0.15) is 19.3 Å². The lowest BCUT2D eigenvalue weighted by molar-refractivity contribution is -0.109. The molecule has 1 aromatic rings. The Bertz CT molecular complexity index is 371. The van der Waals surface area contributed by atoms with Crippen molar-refractivity contribution in [3.63, 3.8) is 0 Å². The van der Waals surface area contributed by atoms with Gasteiger partial charge in [0, 0.05) is 13.7 Å². The molecular formula is C16H25FO5. The maximum absolute atomic E-state index is 12.8. The van der Waals surface area contributed by atoms with Gasteiger partial charge in [0.05, 0.1) is 19.3 Å². The van der Waals surface area contributed by atoms with Crippen molar-refractivity contribution >= 4 is 0 Å². The molecule has 0 fully saturated rings. The van der Waals surface area contributed by atoms with Gasteiger partial charge in [-0.25, -0.2) is 4.39 Å². The van der Waals surface area contributed by atoms with Gasteiger partial charge in [-0.3, -0.25) is 0 Å². The molecule has 0 spiro atoms. The second-order valence-corrected chi connectivity index (χ2v) is 4.79. The first-order chi connectivity index (χ1) is 10.8. The van der Waals surface area contributed by atoms with Crippen LogP contribution in [-0.2, 0) is 14.2 Å². The average molecular weight is 316 g/mol. The Morgan fingerprint density at radius 1 is 1.14 bits per heavy atom. The summed E-state index contributed by atoms with van der Waals surface area (Å²) in [7, 11) is 1.61. The fraction of sp³-hybridized carbons (Fsp3) is 0.625. The summed E-state index contributed by atoms with van der Waals surface area (Å²) in [6, 6.07) is 5.86. The highest BCUT2D eigenvalue weighted by Crippen LogP contribution is 2.13. The van der Waals surface area contributed by atoms with Crippen molar-refractivity contribution in [3.05, 3.63) is 30.1 Å². The second-order valence-electron chi connectivity index (χ2n) is 4.79. The summed E-state index contributed by atoms with van der Waals surface area (Å²) in [5.74, 6) is 0.298. The Morgan fingerprint density at radius 2 is 1.91 bits per heavy atom. The van der Waals surface area contributed by atoms with Crippen LogP contribution in [0.15, 0.2) is 24.3 Å². The van der Waals surface area contributed by atoms with Crippen LogP contribution in [-0.4, -0.2) is 51.5 Å². The standard InChI is InChI=1S/C16H25FO5/c1-19-10-11-20-13-22-16(4-2-3-9-18)12-21-15-7-5-14(17)6-8-15/h5-8,16,18H,2-4,9-13H2,1H3. The molecule has 0 aliphatic rings. The molecule has 22 heavy (non-hydrogen) atoms. The highest BCUT2D eigenvalue weighted by molar-refractivity contribution is 5.22. The topological polar surface area (TPSA) is 57.2 Å². The van der Waals surface area contributed by atoms with E-state index < -0.39 is 0 Å². The molecule has 0 aliphatic carbocycles. The van der Waals surface area contributed by atoms with Gasteiger partial charge in [0.25, 0.3) is 0 Å². The third-order valence-electron chi connectivity index (χ3n) is 3.00. The van der Waals surface area contributed by atoms with Crippen LogP contribution < -0.4 is 4.74 Å². The number of benzene rings is 1. The third-order valence-corrected chi connectivity index (χ3v) is 3.00. The van der Waals surface area contributed by atoms with E-state index in [2.05, 4.69) is 0 Å². The van der Waals surface area contributed by atoms with E-state index in [-0.39, 0.29) is 25.3 Å². The molecule has 0 saturated heterocycles. The number of hydrogen-bond acceptors (Lipinski definition) is 5. The number of hydrogen-bond donors (Lipinski definition) is 1. The van der Waals surface area contributed by atoms with E-state index in [9.17, 15) is 4.39 Å². The first-order valence-electron chi connectivity index (χ1n) is 7.43. The zero-order valence-electron chi connectivity index (χ0n) is 13.0. The lowest BCUT2D eigenvalue weighted by Crippen LogP contribution is -2.24.